The highest BCUT2D eigenvalue weighted by Crippen LogP contribution is 2.51. The maximum atomic E-state index is 10.2. The number of benzene rings is 3. The second-order valence-electron chi connectivity index (χ2n) is 5.64. The Morgan fingerprint density at radius 1 is 0.810 bits per heavy atom. The molecule has 2 N–H and O–H groups in total. The van der Waals surface area contributed by atoms with Gasteiger partial charge in [-0.1, -0.05) is 36.4 Å². The second kappa shape index (κ2) is 3.64. The molecule has 3 aromatic rings. The maximum absolute atomic E-state index is 10.2. The zero-order valence-electron chi connectivity index (χ0n) is 11.1. The van der Waals surface area contributed by atoms with Gasteiger partial charge in [0.15, 0.2) is 11.5 Å². The largest absolute Gasteiger partial charge is 0.451 e. The van der Waals surface area contributed by atoms with Gasteiger partial charge in [0.1, 0.15) is 12.2 Å². The summed E-state index contributed by atoms with van der Waals surface area (Å²) in [6.07, 6.45) is -1.86. The highest BCUT2D eigenvalue weighted by Gasteiger charge is 2.45. The van der Waals surface area contributed by atoms with Gasteiger partial charge in [-0.25, -0.2) is 0 Å². The van der Waals surface area contributed by atoms with Crippen molar-refractivity contribution in [2.75, 3.05) is 0 Å². The molecule has 1 heterocycles. The van der Waals surface area contributed by atoms with E-state index in [1.165, 1.54) is 5.39 Å². The molecule has 0 fully saturated rings. The predicted molar refractivity (Wildman–Crippen MR) is 80.4 cm³/mol. The van der Waals surface area contributed by atoms with Crippen molar-refractivity contribution in [1.82, 2.24) is 0 Å². The third kappa shape index (κ3) is 1.39. The smallest absolute Gasteiger partial charge is 0.179 e. The van der Waals surface area contributed by atoms with Gasteiger partial charge in [-0.3, -0.25) is 0 Å². The molecule has 102 valence electrons. The van der Waals surface area contributed by atoms with Gasteiger partial charge in [0.2, 0.25) is 0 Å². The third-order valence-corrected chi connectivity index (χ3v) is 4.43. The molecule has 0 spiro atoms. The Morgan fingerprint density at radius 3 is 2.38 bits per heavy atom. The number of hydrogen-bond acceptors (Lipinski definition) is 3. The molecule has 0 radical (unpaired) electrons. The highest BCUT2D eigenvalue weighted by molar-refractivity contribution is 6.05. The van der Waals surface area contributed by atoms with Crippen molar-refractivity contribution in [3.8, 4) is 0 Å². The van der Waals surface area contributed by atoms with E-state index in [1.807, 2.05) is 24.3 Å². The summed E-state index contributed by atoms with van der Waals surface area (Å²) in [5.41, 5.74) is 1.66. The molecule has 1 aliphatic heterocycles. The molecule has 3 nitrogen and oxygen atoms in total. The topological polar surface area (TPSA) is 53.0 Å². The third-order valence-electron chi connectivity index (χ3n) is 4.43. The molecule has 2 aliphatic rings. The summed E-state index contributed by atoms with van der Waals surface area (Å²) in [5.74, 6) is 1.24. The average Bonchev–Trinajstić information content (AvgIpc) is 3.30. The van der Waals surface area contributed by atoms with Crippen molar-refractivity contribution < 1.29 is 14.9 Å². The van der Waals surface area contributed by atoms with E-state index in [-0.39, 0.29) is 0 Å². The number of aliphatic hydroxyl groups excluding tert-OH is 2. The van der Waals surface area contributed by atoms with Crippen molar-refractivity contribution in [3.63, 3.8) is 0 Å². The van der Waals surface area contributed by atoms with Gasteiger partial charge >= 0.3 is 0 Å². The molecule has 0 unspecified atom stereocenters. The minimum Gasteiger partial charge on any atom is -0.451 e. The van der Waals surface area contributed by atoms with Crippen LogP contribution in [0.15, 0.2) is 54.3 Å². The zero-order chi connectivity index (χ0) is 14.1. The van der Waals surface area contributed by atoms with Crippen LogP contribution >= 0.6 is 0 Å². The van der Waals surface area contributed by atoms with Crippen molar-refractivity contribution >= 4 is 27.3 Å². The summed E-state index contributed by atoms with van der Waals surface area (Å²) in [6, 6.07) is 16.3. The van der Waals surface area contributed by atoms with Crippen molar-refractivity contribution in [2.45, 2.75) is 12.2 Å². The quantitative estimate of drug-likeness (QED) is 0.620. The van der Waals surface area contributed by atoms with Crippen LogP contribution in [0.1, 0.15) is 17.2 Å². The Balaban J connectivity index is 1.92. The first-order valence-corrected chi connectivity index (χ1v) is 6.98. The van der Waals surface area contributed by atoms with Gasteiger partial charge in [0, 0.05) is 5.56 Å². The van der Waals surface area contributed by atoms with Crippen LogP contribution in [-0.4, -0.2) is 16.3 Å². The Kier molecular flexibility index (Phi) is 1.96. The molecular weight excluding hydrogens is 264 g/mol. The standard InChI is InChI=1S/C18H12O3/c19-15-12-6-5-11-7-9-3-1-2-4-10(9)8-13(11)14(12)17-18(21-17)16(15)20/h1-8,15-16,19-20H/t15-,16+/m1/s1. The van der Waals surface area contributed by atoms with Gasteiger partial charge in [0.05, 0.1) is 0 Å². The van der Waals surface area contributed by atoms with Gasteiger partial charge in [-0.15, -0.1) is 0 Å². The maximum Gasteiger partial charge on any atom is 0.179 e. The lowest BCUT2D eigenvalue weighted by atomic mass is 9.88. The van der Waals surface area contributed by atoms with E-state index in [0.29, 0.717) is 5.76 Å². The molecule has 21 heavy (non-hydrogen) atoms. The summed E-state index contributed by atoms with van der Waals surface area (Å²) < 4.78 is 5.43. The number of hydrogen-bond donors (Lipinski definition) is 2. The van der Waals surface area contributed by atoms with Gasteiger partial charge in [-0.05, 0) is 39.2 Å². The number of aliphatic hydroxyl groups is 2. The van der Waals surface area contributed by atoms with Crippen LogP contribution < -0.4 is 0 Å². The number of fused-ring (bicyclic) bond motifs is 5. The minimum atomic E-state index is -0.939. The van der Waals surface area contributed by atoms with Crippen LogP contribution in [0.3, 0.4) is 0 Å². The van der Waals surface area contributed by atoms with Gasteiger partial charge in [-0.2, -0.15) is 0 Å². The highest BCUT2D eigenvalue weighted by atomic mass is 16.6. The van der Waals surface area contributed by atoms with Crippen LogP contribution in [0, 0.1) is 0 Å². The second-order valence-corrected chi connectivity index (χ2v) is 5.64. The Morgan fingerprint density at radius 2 is 1.57 bits per heavy atom. The van der Waals surface area contributed by atoms with E-state index in [1.54, 1.807) is 0 Å². The predicted octanol–water partition coefficient (Wildman–Crippen LogP) is 3.10. The lowest BCUT2D eigenvalue weighted by molar-refractivity contribution is 0.0325. The molecule has 0 aromatic heterocycles. The minimum absolute atomic E-state index is 0.510. The summed E-state index contributed by atoms with van der Waals surface area (Å²) in [4.78, 5) is 0. The fraction of sp³-hybridized carbons (Fsp3) is 0.111. The van der Waals surface area contributed by atoms with E-state index in [0.717, 1.165) is 33.0 Å². The Hall–Kier alpha value is -2.36. The normalized spacial score (nSPS) is 23.0. The van der Waals surface area contributed by atoms with Gasteiger partial charge in [0.25, 0.3) is 0 Å². The van der Waals surface area contributed by atoms with E-state index in [2.05, 4.69) is 24.3 Å². The van der Waals surface area contributed by atoms with E-state index >= 15 is 0 Å². The van der Waals surface area contributed by atoms with Crippen molar-refractivity contribution in [1.29, 1.82) is 0 Å². The molecular formula is C18H12O3. The molecule has 1 aliphatic carbocycles. The first kappa shape index (κ1) is 11.3. The summed E-state index contributed by atoms with van der Waals surface area (Å²) in [6.45, 7) is 0. The molecule has 0 amide bonds. The van der Waals surface area contributed by atoms with Crippen LogP contribution in [0.25, 0.3) is 27.3 Å². The van der Waals surface area contributed by atoms with Gasteiger partial charge < -0.3 is 14.9 Å². The molecule has 2 atom stereocenters. The van der Waals surface area contributed by atoms with Crippen LogP contribution in [0.5, 0.6) is 0 Å². The summed E-state index contributed by atoms with van der Waals surface area (Å²) >= 11 is 0. The summed E-state index contributed by atoms with van der Waals surface area (Å²) in [5, 5.41) is 24.7. The molecule has 0 saturated carbocycles. The average molecular weight is 276 g/mol. The zero-order valence-corrected chi connectivity index (χ0v) is 11.1. The van der Waals surface area contributed by atoms with Crippen LogP contribution in [0.2, 0.25) is 0 Å². The fourth-order valence-electron chi connectivity index (χ4n) is 3.30. The van der Waals surface area contributed by atoms with Crippen LogP contribution in [-0.2, 0) is 4.74 Å². The lowest BCUT2D eigenvalue weighted by Crippen LogP contribution is -2.20. The number of ether oxygens (including phenoxy) is 1. The molecule has 5 rings (SSSR count). The molecule has 0 saturated heterocycles. The monoisotopic (exact) mass is 276 g/mol. The van der Waals surface area contributed by atoms with Crippen molar-refractivity contribution in [2.24, 2.45) is 0 Å². The Bertz CT molecular complexity index is 955. The Labute approximate surface area is 120 Å². The SMILES string of the molecule is O[C@@H]1C2=C(O2)c2c(ccc3cc4ccccc4cc23)[C@H]1O. The van der Waals surface area contributed by atoms with Crippen molar-refractivity contribution in [3.05, 3.63) is 65.4 Å². The first-order chi connectivity index (χ1) is 10.2. The lowest BCUT2D eigenvalue weighted by Gasteiger charge is -2.19. The van der Waals surface area contributed by atoms with E-state index < -0.39 is 12.2 Å². The molecule has 3 heteroatoms. The number of rotatable bonds is 0. The van der Waals surface area contributed by atoms with Crippen LogP contribution in [0.4, 0.5) is 0 Å². The molecule has 0 bridgehead atoms. The molecule has 3 aromatic carbocycles. The summed E-state index contributed by atoms with van der Waals surface area (Å²) in [7, 11) is 0. The van der Waals surface area contributed by atoms with E-state index in [9.17, 15) is 10.2 Å². The fourth-order valence-corrected chi connectivity index (χ4v) is 3.30. The van der Waals surface area contributed by atoms with E-state index in [4.69, 9.17) is 4.74 Å². The first-order valence-electron chi connectivity index (χ1n) is 6.98.